The molecule has 0 atom stereocenters. The maximum absolute atomic E-state index is 12.9. The van der Waals surface area contributed by atoms with E-state index in [-0.39, 0.29) is 22.7 Å². The smallest absolute Gasteiger partial charge is 0.300 e. The molecule has 29 heavy (non-hydrogen) atoms. The Kier molecular flexibility index (Phi) is 5.37. The molecule has 4 rings (SSSR count). The molecule has 0 saturated heterocycles. The Labute approximate surface area is 174 Å². The topological polar surface area (TPSA) is 78.5 Å². The lowest BCUT2D eigenvalue weighted by molar-refractivity contribution is 0.102. The van der Waals surface area contributed by atoms with Crippen LogP contribution >= 0.6 is 23.4 Å². The fraction of sp³-hybridized carbons (Fsp3) is 0.100. The molecule has 9 heteroatoms. The van der Waals surface area contributed by atoms with Crippen LogP contribution in [0.15, 0.2) is 70.9 Å². The van der Waals surface area contributed by atoms with Crippen LogP contribution in [0.4, 0.5) is 0 Å². The lowest BCUT2D eigenvalue weighted by atomic mass is 10.1. The number of aromatic nitrogens is 4. The highest BCUT2D eigenvalue weighted by atomic mass is 35.5. The summed E-state index contributed by atoms with van der Waals surface area (Å²) in [7, 11) is 1.55. The van der Waals surface area contributed by atoms with Crippen LogP contribution in [0, 0.1) is 0 Å². The summed E-state index contributed by atoms with van der Waals surface area (Å²) in [5.74, 6) is 0.633. The second-order valence-electron chi connectivity index (χ2n) is 6.04. The van der Waals surface area contributed by atoms with Gasteiger partial charge in [0.15, 0.2) is 10.9 Å². The number of fused-ring (bicyclic) bond motifs is 1. The molecule has 7 nitrogen and oxygen atoms in total. The molecule has 2 aromatic carbocycles. The van der Waals surface area contributed by atoms with Crippen LogP contribution in [0.25, 0.3) is 11.3 Å². The quantitative estimate of drug-likeness (QED) is 0.347. The number of carbonyl (C=O) groups excluding carboxylic acids is 1. The van der Waals surface area contributed by atoms with Crippen molar-refractivity contribution < 1.29 is 9.53 Å². The summed E-state index contributed by atoms with van der Waals surface area (Å²) in [4.78, 5) is 25.3. The van der Waals surface area contributed by atoms with Crippen molar-refractivity contribution in [2.75, 3.05) is 12.9 Å². The van der Waals surface area contributed by atoms with Gasteiger partial charge in [0, 0.05) is 23.0 Å². The van der Waals surface area contributed by atoms with Gasteiger partial charge < -0.3 is 4.74 Å². The monoisotopic (exact) mass is 426 g/mol. The molecule has 0 aliphatic rings. The fourth-order valence-electron chi connectivity index (χ4n) is 2.86. The first-order valence-electron chi connectivity index (χ1n) is 8.60. The number of nitrogens with zero attached hydrogens (tertiary/aromatic N) is 4. The van der Waals surface area contributed by atoms with Gasteiger partial charge in [-0.2, -0.15) is 0 Å². The third-order valence-electron chi connectivity index (χ3n) is 4.26. The van der Waals surface area contributed by atoms with Crippen LogP contribution in [0.2, 0.25) is 5.02 Å². The van der Waals surface area contributed by atoms with Gasteiger partial charge in [0.1, 0.15) is 5.75 Å². The number of hydrogen-bond donors (Lipinski definition) is 0. The minimum Gasteiger partial charge on any atom is -0.495 e. The number of carbonyl (C=O) groups is 1. The second kappa shape index (κ2) is 8.10. The van der Waals surface area contributed by atoms with Gasteiger partial charge in [-0.1, -0.05) is 47.6 Å². The summed E-state index contributed by atoms with van der Waals surface area (Å²) in [6.45, 7) is 0. The molecule has 146 valence electrons. The molecule has 0 fully saturated rings. The summed E-state index contributed by atoms with van der Waals surface area (Å²) in [5.41, 5.74) is 0.960. The first kappa shape index (κ1) is 19.2. The van der Waals surface area contributed by atoms with Crippen LogP contribution in [0.3, 0.4) is 0 Å². The second-order valence-corrected chi connectivity index (χ2v) is 7.42. The third kappa shape index (κ3) is 3.76. The number of halogens is 1. The van der Waals surface area contributed by atoms with Gasteiger partial charge in [0.2, 0.25) is 5.65 Å². The summed E-state index contributed by atoms with van der Waals surface area (Å²) in [6.07, 6.45) is 3.31. The average molecular weight is 427 g/mol. The van der Waals surface area contributed by atoms with E-state index in [9.17, 15) is 9.59 Å². The van der Waals surface area contributed by atoms with Crippen molar-refractivity contribution in [3.05, 3.63) is 81.9 Å². The highest BCUT2D eigenvalue weighted by Crippen LogP contribution is 2.22. The van der Waals surface area contributed by atoms with E-state index in [1.807, 2.05) is 12.1 Å². The minimum atomic E-state index is -0.336. The van der Waals surface area contributed by atoms with Crippen molar-refractivity contribution in [3.8, 4) is 11.4 Å². The van der Waals surface area contributed by atoms with Crippen molar-refractivity contribution in [1.29, 1.82) is 0 Å². The number of rotatable bonds is 6. The molecule has 0 radical (unpaired) electrons. The van der Waals surface area contributed by atoms with E-state index in [0.29, 0.717) is 27.2 Å². The molecule has 0 spiro atoms. The zero-order chi connectivity index (χ0) is 20.4. The number of ether oxygens (including phenoxy) is 1. The Bertz CT molecular complexity index is 1270. The minimum absolute atomic E-state index is 0.0865. The van der Waals surface area contributed by atoms with Crippen molar-refractivity contribution >= 4 is 34.8 Å². The molecule has 0 saturated carbocycles. The molecule has 0 unspecified atom stereocenters. The maximum atomic E-state index is 12.9. The van der Waals surface area contributed by atoms with Crippen LogP contribution in [-0.4, -0.2) is 37.8 Å². The van der Waals surface area contributed by atoms with E-state index in [1.165, 1.54) is 16.3 Å². The average Bonchev–Trinajstić information content (AvgIpc) is 3.16. The van der Waals surface area contributed by atoms with Gasteiger partial charge in [0.05, 0.1) is 18.6 Å². The van der Waals surface area contributed by atoms with Gasteiger partial charge in [0.25, 0.3) is 0 Å². The number of benzene rings is 2. The Morgan fingerprint density at radius 3 is 2.76 bits per heavy atom. The SMILES string of the molecule is COc1ccccc1-n1ccn2c(SCC(=O)c3cccc(Cl)c3)nnc2c1=O. The van der Waals surface area contributed by atoms with Gasteiger partial charge >= 0.3 is 5.56 Å². The summed E-state index contributed by atoms with van der Waals surface area (Å²) in [6, 6.07) is 14.0. The fourth-order valence-corrected chi connectivity index (χ4v) is 3.86. The molecular weight excluding hydrogens is 412 g/mol. The Balaban J connectivity index is 1.62. The zero-order valence-electron chi connectivity index (χ0n) is 15.3. The highest BCUT2D eigenvalue weighted by Gasteiger charge is 2.15. The van der Waals surface area contributed by atoms with Crippen molar-refractivity contribution in [2.45, 2.75) is 5.16 Å². The van der Waals surface area contributed by atoms with Gasteiger partial charge in [-0.25, -0.2) is 0 Å². The standard InChI is InChI=1S/C20H15ClN4O3S/c1-28-17-8-3-2-7-15(17)24-9-10-25-18(19(24)27)22-23-20(25)29-12-16(26)13-5-4-6-14(21)11-13/h2-11H,12H2,1H3. The van der Waals surface area contributed by atoms with Gasteiger partial charge in [-0.15, -0.1) is 10.2 Å². The van der Waals surface area contributed by atoms with Gasteiger partial charge in [-0.3, -0.25) is 18.6 Å². The first-order chi connectivity index (χ1) is 14.1. The number of thioether (sulfide) groups is 1. The summed E-state index contributed by atoms with van der Waals surface area (Å²) < 4.78 is 8.36. The molecule has 0 bridgehead atoms. The number of para-hydroxylation sites is 2. The molecule has 2 aromatic heterocycles. The lowest BCUT2D eigenvalue weighted by Crippen LogP contribution is -2.20. The Morgan fingerprint density at radius 2 is 1.97 bits per heavy atom. The number of methoxy groups -OCH3 is 1. The number of ketones is 1. The third-order valence-corrected chi connectivity index (χ3v) is 5.44. The van der Waals surface area contributed by atoms with E-state index in [4.69, 9.17) is 16.3 Å². The molecule has 4 aromatic rings. The number of hydrogen-bond acceptors (Lipinski definition) is 6. The van der Waals surface area contributed by atoms with Crippen LogP contribution < -0.4 is 10.3 Å². The predicted molar refractivity (Wildman–Crippen MR) is 112 cm³/mol. The lowest BCUT2D eigenvalue weighted by Gasteiger charge is -2.10. The summed E-state index contributed by atoms with van der Waals surface area (Å²) in [5, 5.41) is 9.04. The van der Waals surface area contributed by atoms with E-state index in [2.05, 4.69) is 10.2 Å². The number of Topliss-reactive ketones (excluding diaryl/α,β-unsaturated/α-hetero) is 1. The maximum Gasteiger partial charge on any atom is 0.300 e. The zero-order valence-corrected chi connectivity index (χ0v) is 16.9. The van der Waals surface area contributed by atoms with E-state index >= 15 is 0 Å². The Hall–Kier alpha value is -3.10. The van der Waals surface area contributed by atoms with Crippen LogP contribution in [0.5, 0.6) is 5.75 Å². The molecule has 0 N–H and O–H groups in total. The van der Waals surface area contributed by atoms with Crippen molar-refractivity contribution in [2.24, 2.45) is 0 Å². The first-order valence-corrected chi connectivity index (χ1v) is 9.96. The normalized spacial score (nSPS) is 11.0. The van der Waals surface area contributed by atoms with Crippen LogP contribution in [-0.2, 0) is 0 Å². The molecule has 0 amide bonds. The van der Waals surface area contributed by atoms with Crippen LogP contribution in [0.1, 0.15) is 10.4 Å². The molecular formula is C20H15ClN4O3S. The molecule has 2 heterocycles. The molecule has 0 aliphatic carbocycles. The van der Waals surface area contributed by atoms with E-state index < -0.39 is 0 Å². The summed E-state index contributed by atoms with van der Waals surface area (Å²) >= 11 is 7.15. The predicted octanol–water partition coefficient (Wildman–Crippen LogP) is 3.52. The highest BCUT2D eigenvalue weighted by molar-refractivity contribution is 7.99. The van der Waals surface area contributed by atoms with E-state index in [0.717, 1.165) is 0 Å². The van der Waals surface area contributed by atoms with E-state index in [1.54, 1.807) is 60.3 Å². The Morgan fingerprint density at radius 1 is 1.14 bits per heavy atom. The van der Waals surface area contributed by atoms with Crippen molar-refractivity contribution in [3.63, 3.8) is 0 Å². The van der Waals surface area contributed by atoms with Gasteiger partial charge in [-0.05, 0) is 24.3 Å². The molecule has 0 aliphatic heterocycles. The van der Waals surface area contributed by atoms with Crippen molar-refractivity contribution in [1.82, 2.24) is 19.2 Å². The largest absolute Gasteiger partial charge is 0.495 e.